The van der Waals surface area contributed by atoms with Gasteiger partial charge in [0.05, 0.1) is 20.3 Å². The van der Waals surface area contributed by atoms with E-state index in [0.29, 0.717) is 6.54 Å². The molecule has 3 aromatic rings. The van der Waals surface area contributed by atoms with E-state index in [0.717, 1.165) is 60.3 Å². The molecule has 0 spiro atoms. The van der Waals surface area contributed by atoms with Crippen LogP contribution in [-0.4, -0.2) is 36.6 Å². The molecule has 1 N–H and O–H groups in total. The summed E-state index contributed by atoms with van der Waals surface area (Å²) in [5.41, 5.74) is 5.84. The minimum atomic E-state index is 0.0269. The average molecular weight is 417 g/mol. The highest BCUT2D eigenvalue weighted by Gasteiger charge is 2.41. The summed E-state index contributed by atoms with van der Waals surface area (Å²) in [4.78, 5) is 18.9. The van der Waals surface area contributed by atoms with Crippen LogP contribution in [-0.2, 0) is 11.2 Å². The van der Waals surface area contributed by atoms with Crippen LogP contribution in [0.15, 0.2) is 59.8 Å². The molecule has 5 heteroatoms. The number of fused-ring (bicyclic) bond motifs is 1. The molecule has 0 radical (unpaired) electrons. The molecule has 160 valence electrons. The molecule has 1 aliphatic carbocycles. The van der Waals surface area contributed by atoms with Crippen LogP contribution in [0.4, 0.5) is 0 Å². The van der Waals surface area contributed by atoms with Crippen LogP contribution in [0.5, 0.6) is 11.5 Å². The number of rotatable bonds is 6. The van der Waals surface area contributed by atoms with Crippen LogP contribution < -0.4 is 9.47 Å². The topological polar surface area (TPSA) is 54.6 Å². The fourth-order valence-corrected chi connectivity index (χ4v) is 5.15. The number of carbonyl (C=O) groups is 1. The highest BCUT2D eigenvalue weighted by atomic mass is 16.5. The molecular weight excluding hydrogens is 388 g/mol. The molecule has 31 heavy (non-hydrogen) atoms. The normalized spacial score (nSPS) is 18.6. The fraction of sp³-hybridized carbons (Fsp3) is 0.346. The van der Waals surface area contributed by atoms with E-state index in [-0.39, 0.29) is 11.9 Å². The van der Waals surface area contributed by atoms with E-state index in [1.54, 1.807) is 14.2 Å². The number of aromatic amines is 1. The molecule has 0 saturated carbocycles. The van der Waals surface area contributed by atoms with E-state index in [2.05, 4.69) is 40.3 Å². The second-order valence-corrected chi connectivity index (χ2v) is 8.34. The molecule has 2 aromatic carbocycles. The summed E-state index contributed by atoms with van der Waals surface area (Å²) in [6, 6.07) is 14.4. The Morgan fingerprint density at radius 2 is 1.84 bits per heavy atom. The number of carbonyl (C=O) groups excluding carboxylic acids is 1. The summed E-state index contributed by atoms with van der Waals surface area (Å²) < 4.78 is 10.8. The quantitative estimate of drug-likeness (QED) is 0.602. The van der Waals surface area contributed by atoms with Crippen molar-refractivity contribution < 1.29 is 14.3 Å². The maximum atomic E-state index is 13.4. The highest BCUT2D eigenvalue weighted by molar-refractivity contribution is 5.99. The van der Waals surface area contributed by atoms with Gasteiger partial charge in [-0.3, -0.25) is 4.79 Å². The standard InChI is InChI=1S/C26H28N2O3/c1-30-23-12-11-17(15-24(23)31-2)13-14-28-25(19-8-3-4-9-20(19)26(28)29)21-16-27-22-10-6-5-7-18(21)22/h5-7,10-12,15-16,25,27H,3-4,8-9,13-14H2,1-2H3. The molecule has 0 saturated heterocycles. The van der Waals surface area contributed by atoms with Crippen molar-refractivity contribution in [2.45, 2.75) is 38.1 Å². The summed E-state index contributed by atoms with van der Waals surface area (Å²) in [7, 11) is 3.29. The van der Waals surface area contributed by atoms with Gasteiger partial charge in [0.15, 0.2) is 11.5 Å². The Labute approximate surface area is 182 Å². The van der Waals surface area contributed by atoms with Gasteiger partial charge in [-0.2, -0.15) is 0 Å². The summed E-state index contributed by atoms with van der Waals surface area (Å²) in [6.45, 7) is 0.672. The molecule has 1 amide bonds. The number of hydrogen-bond acceptors (Lipinski definition) is 3. The van der Waals surface area contributed by atoms with Gasteiger partial charge < -0.3 is 19.4 Å². The van der Waals surface area contributed by atoms with Crippen LogP contribution in [0.25, 0.3) is 10.9 Å². The third-order valence-corrected chi connectivity index (χ3v) is 6.68. The second-order valence-electron chi connectivity index (χ2n) is 8.34. The molecule has 1 aromatic heterocycles. The Balaban J connectivity index is 1.47. The first kappa shape index (κ1) is 19.7. The number of amides is 1. The molecule has 1 aliphatic heterocycles. The molecular formula is C26H28N2O3. The fourth-order valence-electron chi connectivity index (χ4n) is 5.15. The molecule has 5 rings (SSSR count). The number of nitrogens with one attached hydrogen (secondary N) is 1. The minimum Gasteiger partial charge on any atom is -0.493 e. The van der Waals surface area contributed by atoms with Gasteiger partial charge in [-0.05, 0) is 61.4 Å². The number of methoxy groups -OCH3 is 2. The van der Waals surface area contributed by atoms with Crippen molar-refractivity contribution in [1.29, 1.82) is 0 Å². The van der Waals surface area contributed by atoms with Gasteiger partial charge in [-0.15, -0.1) is 0 Å². The molecule has 2 aliphatic rings. The SMILES string of the molecule is COc1ccc(CCN2C(=O)C3=C(CCCC3)C2c2c[nH]c3ccccc23)cc1OC. The van der Waals surface area contributed by atoms with Gasteiger partial charge in [-0.1, -0.05) is 24.3 Å². The maximum Gasteiger partial charge on any atom is 0.250 e. The van der Waals surface area contributed by atoms with Crippen LogP contribution in [0.3, 0.4) is 0 Å². The first-order chi connectivity index (χ1) is 15.2. The Bertz CT molecular complexity index is 1160. The van der Waals surface area contributed by atoms with Gasteiger partial charge in [0.1, 0.15) is 0 Å². The Hall–Kier alpha value is -3.21. The lowest BCUT2D eigenvalue weighted by Gasteiger charge is -2.27. The number of hydrogen-bond donors (Lipinski definition) is 1. The lowest BCUT2D eigenvalue weighted by molar-refractivity contribution is -0.127. The molecule has 1 atom stereocenters. The van der Waals surface area contributed by atoms with E-state index in [1.165, 1.54) is 16.5 Å². The van der Waals surface area contributed by atoms with Gasteiger partial charge >= 0.3 is 0 Å². The van der Waals surface area contributed by atoms with Crippen molar-refractivity contribution in [3.8, 4) is 11.5 Å². The van der Waals surface area contributed by atoms with Gasteiger partial charge in [0.25, 0.3) is 5.91 Å². The molecule has 2 heterocycles. The third kappa shape index (κ3) is 3.38. The predicted molar refractivity (Wildman–Crippen MR) is 121 cm³/mol. The first-order valence-corrected chi connectivity index (χ1v) is 11.0. The average Bonchev–Trinajstić information content (AvgIpc) is 3.36. The lowest BCUT2D eigenvalue weighted by atomic mass is 9.87. The molecule has 0 fully saturated rings. The zero-order chi connectivity index (χ0) is 21.4. The maximum absolute atomic E-state index is 13.4. The molecule has 5 nitrogen and oxygen atoms in total. The van der Waals surface area contributed by atoms with Gasteiger partial charge in [-0.25, -0.2) is 0 Å². The Morgan fingerprint density at radius 3 is 2.68 bits per heavy atom. The van der Waals surface area contributed by atoms with Crippen LogP contribution >= 0.6 is 0 Å². The van der Waals surface area contributed by atoms with Crippen molar-refractivity contribution in [3.05, 3.63) is 70.9 Å². The minimum absolute atomic E-state index is 0.0269. The Morgan fingerprint density at radius 1 is 1.03 bits per heavy atom. The number of nitrogens with zero attached hydrogens (tertiary/aromatic N) is 1. The monoisotopic (exact) mass is 416 g/mol. The van der Waals surface area contributed by atoms with E-state index in [9.17, 15) is 4.79 Å². The highest BCUT2D eigenvalue weighted by Crippen LogP contribution is 2.46. The molecule has 1 unspecified atom stereocenters. The van der Waals surface area contributed by atoms with Gasteiger partial charge in [0, 0.05) is 34.8 Å². The predicted octanol–water partition coefficient (Wildman–Crippen LogP) is 5.18. The van der Waals surface area contributed by atoms with Crippen molar-refractivity contribution in [2.75, 3.05) is 20.8 Å². The van der Waals surface area contributed by atoms with Crippen LogP contribution in [0.1, 0.15) is 42.9 Å². The summed E-state index contributed by atoms with van der Waals surface area (Å²) in [5.74, 6) is 1.65. The first-order valence-electron chi connectivity index (χ1n) is 11.0. The van der Waals surface area contributed by atoms with Crippen molar-refractivity contribution in [2.24, 2.45) is 0 Å². The lowest BCUT2D eigenvalue weighted by Crippen LogP contribution is -2.32. The van der Waals surface area contributed by atoms with E-state index < -0.39 is 0 Å². The van der Waals surface area contributed by atoms with Crippen LogP contribution in [0, 0.1) is 0 Å². The number of ether oxygens (including phenoxy) is 2. The number of H-pyrrole nitrogens is 1. The largest absolute Gasteiger partial charge is 0.493 e. The van der Waals surface area contributed by atoms with Gasteiger partial charge in [0.2, 0.25) is 0 Å². The van der Waals surface area contributed by atoms with Crippen molar-refractivity contribution >= 4 is 16.8 Å². The van der Waals surface area contributed by atoms with Crippen LogP contribution in [0.2, 0.25) is 0 Å². The number of aromatic nitrogens is 1. The summed E-state index contributed by atoms with van der Waals surface area (Å²) in [6.07, 6.45) is 7.04. The summed E-state index contributed by atoms with van der Waals surface area (Å²) in [5, 5.41) is 1.20. The second kappa shape index (κ2) is 8.14. The van der Waals surface area contributed by atoms with E-state index in [1.807, 2.05) is 18.2 Å². The van der Waals surface area contributed by atoms with E-state index >= 15 is 0 Å². The third-order valence-electron chi connectivity index (χ3n) is 6.68. The van der Waals surface area contributed by atoms with Crippen molar-refractivity contribution in [3.63, 3.8) is 0 Å². The Kier molecular flexibility index (Phi) is 5.18. The van der Waals surface area contributed by atoms with Crippen molar-refractivity contribution in [1.82, 2.24) is 9.88 Å². The number of para-hydroxylation sites is 1. The molecule has 0 bridgehead atoms. The van der Waals surface area contributed by atoms with E-state index in [4.69, 9.17) is 9.47 Å². The zero-order valence-corrected chi connectivity index (χ0v) is 18.1. The smallest absolute Gasteiger partial charge is 0.250 e. The number of benzene rings is 2. The summed E-state index contributed by atoms with van der Waals surface area (Å²) >= 11 is 0. The zero-order valence-electron chi connectivity index (χ0n) is 18.1.